The highest BCUT2D eigenvalue weighted by atomic mass is 19.4. The number of hydrogen-bond acceptors (Lipinski definition) is 3. The highest BCUT2D eigenvalue weighted by Crippen LogP contribution is 2.43. The van der Waals surface area contributed by atoms with Crippen LogP contribution in [0.2, 0.25) is 0 Å². The van der Waals surface area contributed by atoms with E-state index in [4.69, 9.17) is 9.90 Å². The summed E-state index contributed by atoms with van der Waals surface area (Å²) in [7, 11) is 0. The van der Waals surface area contributed by atoms with Crippen molar-refractivity contribution in [1.29, 1.82) is 0 Å². The van der Waals surface area contributed by atoms with Crippen molar-refractivity contribution in [3.8, 4) is 0 Å². The van der Waals surface area contributed by atoms with Crippen molar-refractivity contribution in [2.24, 2.45) is 11.8 Å². The molecule has 2 atom stereocenters. The van der Waals surface area contributed by atoms with Crippen molar-refractivity contribution in [3.63, 3.8) is 0 Å². The van der Waals surface area contributed by atoms with E-state index in [1.54, 1.807) is 6.07 Å². The Balaban J connectivity index is 0.000000339. The zero-order chi connectivity index (χ0) is 22.8. The molecular formula is C21H25F5N2O3. The molecule has 5 nitrogen and oxygen atoms in total. The van der Waals surface area contributed by atoms with E-state index < -0.39 is 18.1 Å². The van der Waals surface area contributed by atoms with Crippen molar-refractivity contribution < 1.29 is 36.6 Å². The molecule has 0 saturated heterocycles. The van der Waals surface area contributed by atoms with Crippen LogP contribution in [0.4, 0.5) is 22.0 Å². The highest BCUT2D eigenvalue weighted by Gasteiger charge is 2.45. The van der Waals surface area contributed by atoms with E-state index in [9.17, 15) is 26.7 Å². The zero-order valence-corrected chi connectivity index (χ0v) is 16.7. The summed E-state index contributed by atoms with van der Waals surface area (Å²) in [6, 6.07) is 8.28. The van der Waals surface area contributed by atoms with Crippen molar-refractivity contribution >= 4 is 11.9 Å². The third-order valence-electron chi connectivity index (χ3n) is 5.70. The quantitative estimate of drug-likeness (QED) is 0.552. The van der Waals surface area contributed by atoms with Gasteiger partial charge in [0.2, 0.25) is 5.92 Å². The number of amides is 1. The van der Waals surface area contributed by atoms with Gasteiger partial charge in [-0.25, -0.2) is 13.6 Å². The van der Waals surface area contributed by atoms with E-state index in [2.05, 4.69) is 16.7 Å². The molecule has 0 radical (unpaired) electrons. The van der Waals surface area contributed by atoms with E-state index in [-0.39, 0.29) is 24.7 Å². The second-order valence-corrected chi connectivity index (χ2v) is 8.57. The van der Waals surface area contributed by atoms with Crippen LogP contribution in [0.25, 0.3) is 0 Å². The molecule has 1 amide bonds. The van der Waals surface area contributed by atoms with Gasteiger partial charge < -0.3 is 15.7 Å². The molecule has 4 rings (SSSR count). The van der Waals surface area contributed by atoms with Crippen molar-refractivity contribution in [1.82, 2.24) is 10.6 Å². The molecular weight excluding hydrogens is 423 g/mol. The molecule has 0 heterocycles. The summed E-state index contributed by atoms with van der Waals surface area (Å²) in [5, 5.41) is 13.5. The number of carboxylic acids is 1. The van der Waals surface area contributed by atoms with Crippen LogP contribution < -0.4 is 10.6 Å². The molecule has 0 aliphatic heterocycles. The number of hydrogen-bond donors (Lipinski definition) is 3. The SMILES string of the molecule is O=C(NCC1CC(F)(F)C1)c1cccc([C@@H]2C[C@H]2NCC2CC2)c1.O=C(O)C(F)(F)F. The molecule has 3 aliphatic rings. The molecule has 3 aliphatic carbocycles. The number of nitrogens with one attached hydrogen (secondary N) is 2. The molecule has 10 heteroatoms. The first kappa shape index (κ1) is 23.4. The Bertz CT molecular complexity index is 802. The fourth-order valence-corrected chi connectivity index (χ4v) is 3.61. The molecule has 0 spiro atoms. The van der Waals surface area contributed by atoms with Gasteiger partial charge in [-0.15, -0.1) is 0 Å². The van der Waals surface area contributed by atoms with Gasteiger partial charge in [-0.3, -0.25) is 4.79 Å². The molecule has 0 bridgehead atoms. The highest BCUT2D eigenvalue weighted by molar-refractivity contribution is 5.94. The fraction of sp³-hybridized carbons (Fsp3) is 0.619. The maximum Gasteiger partial charge on any atom is 0.490 e. The number of rotatable bonds is 7. The van der Waals surface area contributed by atoms with Gasteiger partial charge in [0.25, 0.3) is 5.91 Å². The number of carbonyl (C=O) groups excluding carboxylic acids is 1. The summed E-state index contributed by atoms with van der Waals surface area (Å²) < 4.78 is 57.4. The molecule has 0 unspecified atom stereocenters. The van der Waals surface area contributed by atoms with Crippen molar-refractivity contribution in [2.45, 2.75) is 56.2 Å². The number of halogens is 5. The largest absolute Gasteiger partial charge is 0.490 e. The third-order valence-corrected chi connectivity index (χ3v) is 5.70. The fourth-order valence-electron chi connectivity index (χ4n) is 3.61. The average Bonchev–Trinajstić information content (AvgIpc) is 3.57. The lowest BCUT2D eigenvalue weighted by molar-refractivity contribution is -0.192. The first-order chi connectivity index (χ1) is 14.4. The zero-order valence-electron chi connectivity index (χ0n) is 16.7. The topological polar surface area (TPSA) is 78.4 Å². The van der Waals surface area contributed by atoms with Gasteiger partial charge in [0.1, 0.15) is 0 Å². The molecule has 3 N–H and O–H groups in total. The van der Waals surface area contributed by atoms with Gasteiger partial charge >= 0.3 is 12.1 Å². The van der Waals surface area contributed by atoms with Crippen molar-refractivity contribution in [2.75, 3.05) is 13.1 Å². The summed E-state index contributed by atoms with van der Waals surface area (Å²) in [6.45, 7) is 1.46. The molecule has 1 aromatic carbocycles. The first-order valence-electron chi connectivity index (χ1n) is 10.2. The molecule has 172 valence electrons. The van der Waals surface area contributed by atoms with Crippen LogP contribution >= 0.6 is 0 Å². The van der Waals surface area contributed by atoms with Crippen LogP contribution in [-0.4, -0.2) is 48.2 Å². The normalized spacial score (nSPS) is 24.4. The summed E-state index contributed by atoms with van der Waals surface area (Å²) in [6.07, 6.45) is -1.46. The Morgan fingerprint density at radius 2 is 1.74 bits per heavy atom. The minimum atomic E-state index is -5.08. The average molecular weight is 448 g/mol. The number of aliphatic carboxylic acids is 1. The van der Waals surface area contributed by atoms with E-state index in [0.717, 1.165) is 18.9 Å². The van der Waals surface area contributed by atoms with Crippen LogP contribution in [0.3, 0.4) is 0 Å². The van der Waals surface area contributed by atoms with Gasteiger partial charge in [0, 0.05) is 36.9 Å². The predicted octanol–water partition coefficient (Wildman–Crippen LogP) is 3.95. The lowest BCUT2D eigenvalue weighted by Gasteiger charge is -2.34. The summed E-state index contributed by atoms with van der Waals surface area (Å²) in [4.78, 5) is 21.1. The van der Waals surface area contributed by atoms with Gasteiger partial charge in [0.05, 0.1) is 0 Å². The number of benzene rings is 1. The minimum absolute atomic E-state index is 0.0911. The second kappa shape index (κ2) is 9.10. The lowest BCUT2D eigenvalue weighted by atomic mass is 9.81. The molecule has 1 aromatic rings. The van der Waals surface area contributed by atoms with Crippen LogP contribution in [0.1, 0.15) is 53.9 Å². The Morgan fingerprint density at radius 1 is 1.10 bits per heavy atom. The monoisotopic (exact) mass is 448 g/mol. The third kappa shape index (κ3) is 7.15. The van der Waals surface area contributed by atoms with Gasteiger partial charge in [0.15, 0.2) is 0 Å². The number of alkyl halides is 5. The lowest BCUT2D eigenvalue weighted by Crippen LogP contribution is -2.42. The van der Waals surface area contributed by atoms with E-state index in [1.807, 2.05) is 12.1 Å². The molecule has 31 heavy (non-hydrogen) atoms. The summed E-state index contributed by atoms with van der Waals surface area (Å²) in [5.41, 5.74) is 1.83. The number of carbonyl (C=O) groups is 2. The minimum Gasteiger partial charge on any atom is -0.475 e. The van der Waals surface area contributed by atoms with Crippen LogP contribution in [0.5, 0.6) is 0 Å². The number of carboxylic acid groups (broad SMARTS) is 1. The van der Waals surface area contributed by atoms with Crippen LogP contribution in [-0.2, 0) is 4.79 Å². The van der Waals surface area contributed by atoms with Crippen molar-refractivity contribution in [3.05, 3.63) is 35.4 Å². The Morgan fingerprint density at radius 3 is 2.29 bits per heavy atom. The molecule has 3 fully saturated rings. The van der Waals surface area contributed by atoms with Crippen LogP contribution in [0.15, 0.2) is 24.3 Å². The predicted molar refractivity (Wildman–Crippen MR) is 102 cm³/mol. The Kier molecular flexibility index (Phi) is 6.88. The van der Waals surface area contributed by atoms with Gasteiger partial charge in [-0.2, -0.15) is 13.2 Å². The Hall–Kier alpha value is -2.23. The summed E-state index contributed by atoms with van der Waals surface area (Å²) in [5.74, 6) is -4.15. The van der Waals surface area contributed by atoms with E-state index in [1.165, 1.54) is 18.4 Å². The first-order valence-corrected chi connectivity index (χ1v) is 10.2. The van der Waals surface area contributed by atoms with Gasteiger partial charge in [-0.05, 0) is 55.3 Å². The van der Waals surface area contributed by atoms with Gasteiger partial charge in [-0.1, -0.05) is 12.1 Å². The molecule has 3 saturated carbocycles. The maximum absolute atomic E-state index is 12.8. The maximum atomic E-state index is 12.8. The van der Waals surface area contributed by atoms with Crippen LogP contribution in [0, 0.1) is 11.8 Å². The van der Waals surface area contributed by atoms with E-state index in [0.29, 0.717) is 24.1 Å². The summed E-state index contributed by atoms with van der Waals surface area (Å²) >= 11 is 0. The van der Waals surface area contributed by atoms with E-state index >= 15 is 0 Å². The Labute approximate surface area is 176 Å². The standard InChI is InChI=1S/C19H24F2N2O.C2HF3O2/c20-19(21)8-13(9-19)11-23-18(24)15-3-1-2-14(6-15)16-7-17(16)22-10-12-4-5-12;3-2(4,5)1(6)7/h1-3,6,12-13,16-17,22H,4-5,7-11H2,(H,23,24);(H,6,7)/t16-,17+;/m0./s1. The molecule has 0 aromatic heterocycles. The smallest absolute Gasteiger partial charge is 0.475 e. The second-order valence-electron chi connectivity index (χ2n) is 8.57.